The van der Waals surface area contributed by atoms with Gasteiger partial charge in [-0.05, 0) is 68.4 Å². The van der Waals surface area contributed by atoms with Crippen molar-refractivity contribution in [2.45, 2.75) is 79.1 Å². The lowest BCUT2D eigenvalue weighted by molar-refractivity contribution is -0.117. The van der Waals surface area contributed by atoms with Crippen LogP contribution < -0.4 is 0 Å². The van der Waals surface area contributed by atoms with Crippen molar-refractivity contribution >= 4 is 16.7 Å². The second-order valence-electron chi connectivity index (χ2n) is 8.85. The van der Waals surface area contributed by atoms with Gasteiger partial charge in [0.15, 0.2) is 0 Å². The maximum Gasteiger partial charge on any atom is 0.129 e. The monoisotopic (exact) mass is 447 g/mol. The maximum atomic E-state index is 10.3. The molecule has 0 amide bonds. The molecule has 1 heterocycles. The van der Waals surface area contributed by atoms with E-state index < -0.39 is 0 Å². The number of benzene rings is 2. The Morgan fingerprint density at radius 3 is 2.45 bits per heavy atom. The lowest BCUT2D eigenvalue weighted by Crippen LogP contribution is -2.19. The molecule has 1 aliphatic rings. The van der Waals surface area contributed by atoms with Gasteiger partial charge in [-0.25, -0.2) is 0 Å². The van der Waals surface area contributed by atoms with Crippen molar-refractivity contribution in [1.29, 1.82) is 0 Å². The molecule has 1 aromatic heterocycles. The molecule has 2 aromatic carbocycles. The highest BCUT2D eigenvalue weighted by molar-refractivity contribution is 5.85. The van der Waals surface area contributed by atoms with E-state index in [1.54, 1.807) is 13.0 Å². The predicted molar refractivity (Wildman–Crippen MR) is 141 cm³/mol. The maximum absolute atomic E-state index is 10.3. The fraction of sp³-hybridized carbons (Fsp3) is 0.433. The molecule has 33 heavy (non-hydrogen) atoms. The topological polar surface area (TPSA) is 53.1 Å². The zero-order valence-corrected chi connectivity index (χ0v) is 21.1. The van der Waals surface area contributed by atoms with Crippen molar-refractivity contribution in [3.8, 4) is 5.75 Å². The summed E-state index contributed by atoms with van der Waals surface area (Å²) < 4.78 is 0. The molecule has 0 spiro atoms. The molecule has 1 aliphatic carbocycles. The van der Waals surface area contributed by atoms with E-state index in [-0.39, 0.29) is 5.92 Å². The number of phenolic OH excluding ortho intramolecular Hbond substituents is 1. The van der Waals surface area contributed by atoms with Gasteiger partial charge in [0.05, 0.1) is 0 Å². The van der Waals surface area contributed by atoms with Gasteiger partial charge in [-0.2, -0.15) is 0 Å². The number of aromatic amines is 1. The summed E-state index contributed by atoms with van der Waals surface area (Å²) in [5.41, 5.74) is 6.32. The number of carbonyl (C=O) groups is 1. The highest BCUT2D eigenvalue weighted by atomic mass is 16.3. The minimum atomic E-state index is 0.278. The Balaban J connectivity index is 0.000000330. The van der Waals surface area contributed by atoms with Gasteiger partial charge < -0.3 is 14.9 Å². The Morgan fingerprint density at radius 1 is 1.09 bits per heavy atom. The van der Waals surface area contributed by atoms with Crippen LogP contribution in [0.15, 0.2) is 60.7 Å². The first-order valence-electron chi connectivity index (χ1n) is 12.4. The molecule has 2 N–H and O–H groups in total. The molecule has 0 saturated carbocycles. The summed E-state index contributed by atoms with van der Waals surface area (Å²) in [6.07, 6.45) is 6.33. The number of aromatic nitrogens is 1. The summed E-state index contributed by atoms with van der Waals surface area (Å²) in [5.74, 6) is 1.41. The quantitative estimate of drug-likeness (QED) is 0.295. The first-order chi connectivity index (χ1) is 15.9. The van der Waals surface area contributed by atoms with Gasteiger partial charge in [0.25, 0.3) is 0 Å². The number of rotatable bonds is 6. The number of hydrogen-bond donors (Lipinski definition) is 2. The van der Waals surface area contributed by atoms with Crippen LogP contribution in [0, 0.1) is 5.92 Å². The number of fused-ring (bicyclic) bond motifs is 3. The smallest absolute Gasteiger partial charge is 0.129 e. The van der Waals surface area contributed by atoms with Gasteiger partial charge >= 0.3 is 0 Å². The summed E-state index contributed by atoms with van der Waals surface area (Å²) in [4.78, 5) is 14.0. The van der Waals surface area contributed by atoms with Gasteiger partial charge in [0, 0.05) is 28.9 Å². The molecule has 2 atom stereocenters. The highest BCUT2D eigenvalue weighted by Crippen LogP contribution is 2.44. The average Bonchev–Trinajstić information content (AvgIpc) is 3.19. The van der Waals surface area contributed by atoms with Crippen molar-refractivity contribution < 1.29 is 9.90 Å². The zero-order chi connectivity index (χ0) is 24.4. The SMILES string of the molecule is C=C(C)C1Cc2c([nH]c3ccccc23)C(c2cccc(O)c2)C1.CC.CCCCCC(C)=O. The molecule has 0 radical (unpaired) electrons. The third-order valence-corrected chi connectivity index (χ3v) is 6.27. The fourth-order valence-corrected chi connectivity index (χ4v) is 4.51. The molecule has 3 nitrogen and oxygen atoms in total. The number of para-hydroxylation sites is 1. The van der Waals surface area contributed by atoms with Crippen molar-refractivity contribution in [1.82, 2.24) is 4.98 Å². The second kappa shape index (κ2) is 13.0. The zero-order valence-electron chi connectivity index (χ0n) is 21.1. The standard InChI is InChI=1S/C21H21NO.C7H14O.C2H6/c1-13(2)15-11-18(14-6-5-7-16(23)10-14)21-19(12-15)17-8-3-4-9-20(17)22-21;1-3-4-5-6-7(2)8;1-2/h3-10,15,18,22-23H,1,11-12H2,2H3;3-6H2,1-2H3;1-2H3. The van der Waals surface area contributed by atoms with Crippen molar-refractivity contribution in [3.63, 3.8) is 0 Å². The van der Waals surface area contributed by atoms with E-state index in [9.17, 15) is 9.90 Å². The molecular weight excluding hydrogens is 406 g/mol. The number of nitrogens with one attached hydrogen (secondary N) is 1. The molecule has 3 aromatic rings. The Morgan fingerprint density at radius 2 is 1.82 bits per heavy atom. The van der Waals surface area contributed by atoms with E-state index in [4.69, 9.17) is 0 Å². The van der Waals surface area contributed by atoms with E-state index in [1.165, 1.54) is 46.1 Å². The van der Waals surface area contributed by atoms with E-state index in [1.807, 2.05) is 26.0 Å². The Labute approximate surface area is 199 Å². The van der Waals surface area contributed by atoms with E-state index in [2.05, 4.69) is 55.7 Å². The van der Waals surface area contributed by atoms with Crippen LogP contribution >= 0.6 is 0 Å². The van der Waals surface area contributed by atoms with Crippen LogP contribution in [0.4, 0.5) is 0 Å². The van der Waals surface area contributed by atoms with Gasteiger partial charge in [0.1, 0.15) is 11.5 Å². The normalized spacial score (nSPS) is 16.6. The summed E-state index contributed by atoms with van der Waals surface area (Å²) >= 11 is 0. The Kier molecular flexibility index (Phi) is 10.4. The summed E-state index contributed by atoms with van der Waals surface area (Å²) in [6.45, 7) is 14.1. The minimum absolute atomic E-state index is 0.278. The van der Waals surface area contributed by atoms with Crippen LogP contribution in [0.1, 0.15) is 89.5 Å². The first-order valence-corrected chi connectivity index (χ1v) is 12.4. The van der Waals surface area contributed by atoms with E-state index >= 15 is 0 Å². The molecular formula is C30H41NO2. The van der Waals surface area contributed by atoms with Gasteiger partial charge in [-0.3, -0.25) is 0 Å². The number of unbranched alkanes of at least 4 members (excludes halogenated alkanes) is 2. The number of hydrogen-bond acceptors (Lipinski definition) is 2. The number of carbonyl (C=O) groups excluding carboxylic acids is 1. The lowest BCUT2D eigenvalue weighted by Gasteiger charge is -2.30. The van der Waals surface area contributed by atoms with Gasteiger partial charge in [-0.15, -0.1) is 0 Å². The number of phenols is 1. The van der Waals surface area contributed by atoms with Crippen LogP contribution in [-0.4, -0.2) is 15.9 Å². The summed E-state index contributed by atoms with van der Waals surface area (Å²) in [7, 11) is 0. The molecule has 3 heteroatoms. The molecule has 0 aliphatic heterocycles. The number of aromatic hydroxyl groups is 1. The number of Topliss-reactive ketones (excluding diaryl/α,β-unsaturated/α-hetero) is 1. The van der Waals surface area contributed by atoms with Gasteiger partial charge in [-0.1, -0.05) is 76.1 Å². The number of allylic oxidation sites excluding steroid dienone is 1. The Hall–Kier alpha value is -2.81. The molecule has 2 unspecified atom stereocenters. The largest absolute Gasteiger partial charge is 0.508 e. The van der Waals surface area contributed by atoms with Crippen LogP contribution in [0.25, 0.3) is 10.9 Å². The van der Waals surface area contributed by atoms with Crippen LogP contribution in [0.5, 0.6) is 5.75 Å². The minimum Gasteiger partial charge on any atom is -0.508 e. The van der Waals surface area contributed by atoms with E-state index in [0.717, 1.165) is 25.7 Å². The fourth-order valence-electron chi connectivity index (χ4n) is 4.51. The predicted octanol–water partition coefficient (Wildman–Crippen LogP) is 8.33. The Bertz CT molecular complexity index is 1050. The highest BCUT2D eigenvalue weighted by Gasteiger charge is 2.31. The van der Waals surface area contributed by atoms with Crippen molar-refractivity contribution in [2.75, 3.05) is 0 Å². The van der Waals surface area contributed by atoms with E-state index in [0.29, 0.717) is 17.5 Å². The lowest BCUT2D eigenvalue weighted by atomic mass is 9.74. The average molecular weight is 448 g/mol. The second-order valence-corrected chi connectivity index (χ2v) is 8.85. The van der Waals surface area contributed by atoms with Crippen LogP contribution in [0.3, 0.4) is 0 Å². The van der Waals surface area contributed by atoms with Crippen molar-refractivity contribution in [2.24, 2.45) is 5.92 Å². The first kappa shape index (κ1) is 26.4. The molecule has 0 saturated heterocycles. The molecule has 0 fully saturated rings. The third kappa shape index (κ3) is 7.08. The molecule has 4 rings (SSSR count). The molecule has 0 bridgehead atoms. The third-order valence-electron chi connectivity index (χ3n) is 6.27. The van der Waals surface area contributed by atoms with Crippen LogP contribution in [-0.2, 0) is 11.2 Å². The van der Waals surface area contributed by atoms with Crippen LogP contribution in [0.2, 0.25) is 0 Å². The summed E-state index contributed by atoms with van der Waals surface area (Å²) in [5, 5.41) is 11.2. The van der Waals surface area contributed by atoms with Gasteiger partial charge in [0.2, 0.25) is 0 Å². The number of ketones is 1. The number of H-pyrrole nitrogens is 1. The molecule has 178 valence electrons. The summed E-state index contributed by atoms with van der Waals surface area (Å²) in [6, 6.07) is 16.2. The van der Waals surface area contributed by atoms with Crippen molar-refractivity contribution in [3.05, 3.63) is 77.5 Å².